The third kappa shape index (κ3) is 2.93. The molecule has 1 aromatic carbocycles. The van der Waals surface area contributed by atoms with Gasteiger partial charge in [-0.3, -0.25) is 4.79 Å². The maximum atomic E-state index is 14.0. The zero-order valence-corrected chi connectivity index (χ0v) is 12.1. The summed E-state index contributed by atoms with van der Waals surface area (Å²) in [5.41, 5.74) is -0.275. The number of nitrogens with zero attached hydrogens (tertiary/aromatic N) is 1. The van der Waals surface area contributed by atoms with Crippen LogP contribution in [0.4, 0.5) is 4.39 Å². The van der Waals surface area contributed by atoms with Gasteiger partial charge in [0.05, 0.1) is 18.3 Å². The lowest BCUT2D eigenvalue weighted by atomic mass is 9.94. The van der Waals surface area contributed by atoms with Crippen LogP contribution in [0.2, 0.25) is 0 Å². The number of hydrogen-bond donors (Lipinski definition) is 0. The largest absolute Gasteiger partial charge is 0.497 e. The zero-order valence-electron chi connectivity index (χ0n) is 12.1. The highest BCUT2D eigenvalue weighted by Gasteiger charge is 2.34. The molecule has 1 fully saturated rings. The number of carbonyl (C=O) groups excluding carboxylic acids is 1. The molecule has 20 heavy (non-hydrogen) atoms. The van der Waals surface area contributed by atoms with Crippen molar-refractivity contribution in [3.8, 4) is 5.75 Å². The fourth-order valence-electron chi connectivity index (χ4n) is 2.51. The Kier molecular flexibility index (Phi) is 4.28. The number of ether oxygens (including phenoxy) is 2. The molecule has 0 radical (unpaired) electrons. The molecule has 0 N–H and O–H groups in total. The van der Waals surface area contributed by atoms with Gasteiger partial charge < -0.3 is 14.4 Å². The second-order valence-corrected chi connectivity index (χ2v) is 5.33. The third-order valence-electron chi connectivity index (χ3n) is 3.85. The molecule has 0 bridgehead atoms. The SMILES string of the molecule is COc1ccc(C(=O)N2CCCC(C)(OC)C2)c(F)c1. The van der Waals surface area contributed by atoms with E-state index in [1.54, 1.807) is 18.1 Å². The fourth-order valence-corrected chi connectivity index (χ4v) is 2.51. The number of hydrogen-bond acceptors (Lipinski definition) is 3. The predicted molar refractivity (Wildman–Crippen MR) is 73.5 cm³/mol. The Labute approximate surface area is 118 Å². The van der Waals surface area contributed by atoms with Crippen molar-refractivity contribution < 1.29 is 18.7 Å². The number of likely N-dealkylation sites (tertiary alicyclic amines) is 1. The molecule has 1 saturated heterocycles. The van der Waals surface area contributed by atoms with E-state index in [0.717, 1.165) is 12.8 Å². The highest BCUT2D eigenvalue weighted by Crippen LogP contribution is 2.26. The fraction of sp³-hybridized carbons (Fsp3) is 0.533. The van der Waals surface area contributed by atoms with E-state index in [4.69, 9.17) is 9.47 Å². The topological polar surface area (TPSA) is 38.8 Å². The van der Waals surface area contributed by atoms with Gasteiger partial charge in [-0.1, -0.05) is 0 Å². The van der Waals surface area contributed by atoms with Crippen LogP contribution in [-0.2, 0) is 4.74 Å². The first-order valence-electron chi connectivity index (χ1n) is 6.67. The van der Waals surface area contributed by atoms with Crippen molar-refractivity contribution in [1.29, 1.82) is 0 Å². The Morgan fingerprint density at radius 1 is 1.40 bits per heavy atom. The first-order valence-corrected chi connectivity index (χ1v) is 6.67. The summed E-state index contributed by atoms with van der Waals surface area (Å²) in [5.74, 6) is -0.452. The van der Waals surface area contributed by atoms with E-state index >= 15 is 0 Å². The van der Waals surface area contributed by atoms with Crippen LogP contribution in [0.5, 0.6) is 5.75 Å². The summed E-state index contributed by atoms with van der Waals surface area (Å²) in [6.07, 6.45) is 1.76. The summed E-state index contributed by atoms with van der Waals surface area (Å²) >= 11 is 0. The first kappa shape index (κ1) is 14.8. The van der Waals surface area contributed by atoms with Crippen LogP contribution in [0.15, 0.2) is 18.2 Å². The summed E-state index contributed by atoms with van der Waals surface area (Å²) in [7, 11) is 3.10. The smallest absolute Gasteiger partial charge is 0.256 e. The molecule has 0 saturated carbocycles. The van der Waals surface area contributed by atoms with Gasteiger partial charge in [-0.25, -0.2) is 4.39 Å². The Morgan fingerprint density at radius 3 is 2.75 bits per heavy atom. The molecule has 1 aromatic rings. The van der Waals surface area contributed by atoms with Gasteiger partial charge in [0.25, 0.3) is 5.91 Å². The summed E-state index contributed by atoms with van der Waals surface area (Å²) in [4.78, 5) is 14.1. The summed E-state index contributed by atoms with van der Waals surface area (Å²) < 4.78 is 24.4. The molecule has 1 heterocycles. The average Bonchev–Trinajstić information content (AvgIpc) is 2.46. The predicted octanol–water partition coefficient (Wildman–Crippen LogP) is 2.48. The molecule has 1 atom stereocenters. The molecule has 1 aliphatic heterocycles. The number of benzene rings is 1. The minimum atomic E-state index is -0.556. The number of carbonyl (C=O) groups is 1. The van der Waals surface area contributed by atoms with Crippen LogP contribution >= 0.6 is 0 Å². The Bertz CT molecular complexity index is 506. The molecule has 0 aromatic heterocycles. The van der Waals surface area contributed by atoms with Crippen molar-refractivity contribution in [2.24, 2.45) is 0 Å². The van der Waals surface area contributed by atoms with Crippen LogP contribution in [0.25, 0.3) is 0 Å². The molecule has 0 aliphatic carbocycles. The van der Waals surface area contributed by atoms with Crippen LogP contribution < -0.4 is 4.74 Å². The lowest BCUT2D eigenvalue weighted by Gasteiger charge is -2.39. The standard InChI is InChI=1S/C15H20FNO3/c1-15(20-3)7-4-8-17(10-15)14(18)12-6-5-11(19-2)9-13(12)16/h5-6,9H,4,7-8,10H2,1-3H3. The van der Waals surface area contributed by atoms with Gasteiger partial charge in [0.2, 0.25) is 0 Å². The normalized spacial score (nSPS) is 22.7. The second kappa shape index (κ2) is 5.79. The molecule has 2 rings (SSSR count). The van der Waals surface area contributed by atoms with Crippen molar-refractivity contribution in [3.63, 3.8) is 0 Å². The molecular weight excluding hydrogens is 261 g/mol. The monoisotopic (exact) mass is 281 g/mol. The quantitative estimate of drug-likeness (QED) is 0.854. The van der Waals surface area contributed by atoms with E-state index in [2.05, 4.69) is 0 Å². The second-order valence-electron chi connectivity index (χ2n) is 5.33. The van der Waals surface area contributed by atoms with Gasteiger partial charge in [-0.05, 0) is 31.9 Å². The van der Waals surface area contributed by atoms with Crippen LogP contribution in [-0.4, -0.2) is 43.7 Å². The number of methoxy groups -OCH3 is 2. The van der Waals surface area contributed by atoms with Crippen molar-refractivity contribution >= 4 is 5.91 Å². The van der Waals surface area contributed by atoms with E-state index in [1.165, 1.54) is 19.2 Å². The molecule has 4 nitrogen and oxygen atoms in total. The molecule has 1 amide bonds. The molecule has 0 spiro atoms. The summed E-state index contributed by atoms with van der Waals surface area (Å²) in [6, 6.07) is 4.29. The lowest BCUT2D eigenvalue weighted by molar-refractivity contribution is -0.0441. The van der Waals surface area contributed by atoms with Gasteiger partial charge in [-0.15, -0.1) is 0 Å². The van der Waals surface area contributed by atoms with E-state index < -0.39 is 5.82 Å². The molecule has 1 aliphatic rings. The Hall–Kier alpha value is -1.62. The maximum absolute atomic E-state index is 14.0. The van der Waals surface area contributed by atoms with Crippen molar-refractivity contribution in [2.45, 2.75) is 25.4 Å². The van der Waals surface area contributed by atoms with Gasteiger partial charge in [0.15, 0.2) is 0 Å². The van der Waals surface area contributed by atoms with Crippen LogP contribution in [0.3, 0.4) is 0 Å². The molecular formula is C15H20FNO3. The van der Waals surface area contributed by atoms with E-state index in [0.29, 0.717) is 18.8 Å². The van der Waals surface area contributed by atoms with Crippen molar-refractivity contribution in [1.82, 2.24) is 4.90 Å². The van der Waals surface area contributed by atoms with E-state index in [9.17, 15) is 9.18 Å². The highest BCUT2D eigenvalue weighted by atomic mass is 19.1. The zero-order chi connectivity index (χ0) is 14.8. The van der Waals surface area contributed by atoms with Crippen molar-refractivity contribution in [2.75, 3.05) is 27.3 Å². The number of rotatable bonds is 3. The van der Waals surface area contributed by atoms with Gasteiger partial charge in [0, 0.05) is 26.3 Å². The lowest BCUT2D eigenvalue weighted by Crippen LogP contribution is -2.49. The minimum absolute atomic E-state index is 0.0751. The van der Waals surface area contributed by atoms with Gasteiger partial charge in [-0.2, -0.15) is 0 Å². The number of halogens is 1. The van der Waals surface area contributed by atoms with E-state index in [-0.39, 0.29) is 17.1 Å². The molecule has 1 unspecified atom stereocenters. The van der Waals surface area contributed by atoms with Crippen molar-refractivity contribution in [3.05, 3.63) is 29.6 Å². The molecule has 110 valence electrons. The van der Waals surface area contributed by atoms with Gasteiger partial charge in [0.1, 0.15) is 11.6 Å². The average molecular weight is 281 g/mol. The number of piperidine rings is 1. The van der Waals surface area contributed by atoms with Gasteiger partial charge >= 0.3 is 0 Å². The Balaban J connectivity index is 2.19. The summed E-state index contributed by atoms with van der Waals surface area (Å²) in [6.45, 7) is 3.08. The minimum Gasteiger partial charge on any atom is -0.497 e. The first-order chi connectivity index (χ1) is 9.49. The highest BCUT2D eigenvalue weighted by molar-refractivity contribution is 5.94. The third-order valence-corrected chi connectivity index (χ3v) is 3.85. The van der Waals surface area contributed by atoms with Crippen LogP contribution in [0.1, 0.15) is 30.1 Å². The van der Waals surface area contributed by atoms with Crippen LogP contribution in [0, 0.1) is 5.82 Å². The van der Waals surface area contributed by atoms with E-state index in [1.807, 2.05) is 6.92 Å². The molecule has 5 heteroatoms. The Morgan fingerprint density at radius 2 is 2.15 bits per heavy atom. The maximum Gasteiger partial charge on any atom is 0.256 e. The number of amides is 1. The summed E-state index contributed by atoms with van der Waals surface area (Å²) in [5, 5.41) is 0.